The maximum absolute atomic E-state index is 11.7. The lowest BCUT2D eigenvalue weighted by molar-refractivity contribution is -0.384. The number of ether oxygens (including phenoxy) is 1. The number of aromatic nitrogens is 1. The van der Waals surface area contributed by atoms with E-state index in [0.717, 1.165) is 42.6 Å². The van der Waals surface area contributed by atoms with Crippen molar-refractivity contribution in [1.82, 2.24) is 9.88 Å². The van der Waals surface area contributed by atoms with E-state index in [4.69, 9.17) is 4.74 Å². The first-order chi connectivity index (χ1) is 18.0. The average Bonchev–Trinajstić information content (AvgIpc) is 2.87. The minimum Gasteiger partial charge on any atom is -0.438 e. The molecule has 1 aliphatic rings. The molecule has 38 heavy (non-hydrogen) atoms. The number of nitrogens with zero attached hydrogens (tertiary/aromatic N) is 4. The highest BCUT2D eigenvalue weighted by Crippen LogP contribution is 2.33. The van der Waals surface area contributed by atoms with E-state index in [1.54, 1.807) is 24.3 Å². The van der Waals surface area contributed by atoms with Gasteiger partial charge in [0.2, 0.25) is 11.7 Å². The van der Waals surface area contributed by atoms with Gasteiger partial charge in [-0.3, -0.25) is 15.0 Å². The Morgan fingerprint density at radius 1 is 1.13 bits per heavy atom. The van der Waals surface area contributed by atoms with Gasteiger partial charge in [0.15, 0.2) is 9.84 Å². The molecule has 0 unspecified atom stereocenters. The van der Waals surface area contributed by atoms with Crippen molar-refractivity contribution >= 4 is 21.3 Å². The molecule has 0 spiro atoms. The zero-order valence-electron chi connectivity index (χ0n) is 21.5. The maximum atomic E-state index is 11.7. The van der Waals surface area contributed by atoms with Crippen LogP contribution in [0.25, 0.3) is 0 Å². The molecule has 4 rings (SSSR count). The summed E-state index contributed by atoms with van der Waals surface area (Å²) in [7, 11) is -3.22. The lowest BCUT2D eigenvalue weighted by atomic mass is 10.0. The van der Waals surface area contributed by atoms with Crippen molar-refractivity contribution in [2.24, 2.45) is 0 Å². The molecule has 0 saturated carbocycles. The monoisotopic (exact) mass is 535 g/mol. The van der Waals surface area contributed by atoms with Crippen molar-refractivity contribution in [2.45, 2.75) is 44.2 Å². The highest BCUT2D eigenvalue weighted by atomic mass is 32.2. The zero-order valence-corrected chi connectivity index (χ0v) is 22.3. The first-order valence-corrected chi connectivity index (χ1v) is 14.0. The molecule has 11 heteroatoms. The molecule has 198 valence electrons. The lowest BCUT2D eigenvalue weighted by Gasteiger charge is -2.32. The lowest BCUT2D eigenvalue weighted by Crippen LogP contribution is -2.38. The Hall–Kier alpha value is -4.01. The van der Waals surface area contributed by atoms with Crippen molar-refractivity contribution in [3.8, 4) is 17.7 Å². The van der Waals surface area contributed by atoms with Gasteiger partial charge in [-0.25, -0.2) is 8.42 Å². The Kier molecular flexibility index (Phi) is 7.94. The third-order valence-electron chi connectivity index (χ3n) is 6.53. The molecule has 1 fully saturated rings. The van der Waals surface area contributed by atoms with Gasteiger partial charge >= 0.3 is 5.69 Å². The zero-order chi connectivity index (χ0) is 27.4. The fourth-order valence-corrected chi connectivity index (χ4v) is 5.18. The number of anilines is 1. The number of nitro groups is 1. The van der Waals surface area contributed by atoms with E-state index < -0.39 is 14.8 Å². The van der Waals surface area contributed by atoms with Crippen LogP contribution in [0.1, 0.15) is 35.1 Å². The van der Waals surface area contributed by atoms with E-state index in [-0.39, 0.29) is 23.4 Å². The standard InChI is InChI=1S/C27H29N5O5S/c1-18-14-21(16-28)15-19(2)26(18)37-25-9-8-24(32(33)34)27(30-25)29-22-10-12-31(13-11-22)17-20-4-6-23(7-5-20)38(3,35)36/h4-9,14-15,22H,10-13,17H2,1-3H3,(H,29,30). The number of benzene rings is 2. The number of likely N-dealkylation sites (tertiary alicyclic amines) is 1. The fraction of sp³-hybridized carbons (Fsp3) is 0.333. The highest BCUT2D eigenvalue weighted by Gasteiger charge is 2.24. The van der Waals surface area contributed by atoms with Crippen molar-refractivity contribution in [2.75, 3.05) is 24.7 Å². The van der Waals surface area contributed by atoms with Gasteiger partial charge in [-0.15, -0.1) is 0 Å². The van der Waals surface area contributed by atoms with Gasteiger partial charge in [-0.05, 0) is 67.6 Å². The van der Waals surface area contributed by atoms with Crippen LogP contribution in [-0.4, -0.2) is 48.6 Å². The molecule has 1 aromatic heterocycles. The normalized spacial score (nSPS) is 14.6. The second-order valence-corrected chi connectivity index (χ2v) is 11.6. The Balaban J connectivity index is 1.42. The topological polar surface area (TPSA) is 138 Å². The van der Waals surface area contributed by atoms with Gasteiger partial charge in [-0.2, -0.15) is 10.2 Å². The summed E-state index contributed by atoms with van der Waals surface area (Å²) in [6.45, 7) is 5.92. The van der Waals surface area contributed by atoms with Crippen molar-refractivity contribution in [1.29, 1.82) is 5.26 Å². The van der Waals surface area contributed by atoms with Gasteiger partial charge in [-0.1, -0.05) is 12.1 Å². The number of sulfone groups is 1. The van der Waals surface area contributed by atoms with Crippen LogP contribution in [0.4, 0.5) is 11.5 Å². The summed E-state index contributed by atoms with van der Waals surface area (Å²) < 4.78 is 29.3. The predicted molar refractivity (Wildman–Crippen MR) is 143 cm³/mol. The summed E-state index contributed by atoms with van der Waals surface area (Å²) in [6.07, 6.45) is 2.72. The van der Waals surface area contributed by atoms with Crippen LogP contribution in [0.15, 0.2) is 53.4 Å². The summed E-state index contributed by atoms with van der Waals surface area (Å²) in [4.78, 5) is 18.2. The summed E-state index contributed by atoms with van der Waals surface area (Å²) in [6, 6.07) is 15.3. The van der Waals surface area contributed by atoms with Crippen LogP contribution in [0.2, 0.25) is 0 Å². The van der Waals surface area contributed by atoms with Crippen LogP contribution in [-0.2, 0) is 16.4 Å². The van der Waals surface area contributed by atoms with Crippen LogP contribution >= 0.6 is 0 Å². The molecule has 1 N–H and O–H groups in total. The van der Waals surface area contributed by atoms with Crippen LogP contribution < -0.4 is 10.1 Å². The third-order valence-corrected chi connectivity index (χ3v) is 7.66. The number of hydrogen-bond acceptors (Lipinski definition) is 9. The highest BCUT2D eigenvalue weighted by molar-refractivity contribution is 7.90. The first-order valence-electron chi connectivity index (χ1n) is 12.2. The Morgan fingerprint density at radius 3 is 2.32 bits per heavy atom. The average molecular weight is 536 g/mol. The smallest absolute Gasteiger partial charge is 0.311 e. The van der Waals surface area contributed by atoms with Crippen molar-refractivity contribution < 1.29 is 18.1 Å². The number of nitriles is 1. The van der Waals surface area contributed by atoms with Crippen molar-refractivity contribution in [3.63, 3.8) is 0 Å². The van der Waals surface area contributed by atoms with Gasteiger partial charge in [0, 0.05) is 44.1 Å². The van der Waals surface area contributed by atoms with Gasteiger partial charge in [0.1, 0.15) is 5.75 Å². The molecular weight excluding hydrogens is 506 g/mol. The fourth-order valence-electron chi connectivity index (χ4n) is 4.55. The van der Waals surface area contributed by atoms with E-state index in [0.29, 0.717) is 22.8 Å². The SMILES string of the molecule is Cc1cc(C#N)cc(C)c1Oc1ccc([N+](=O)[O-])c(NC2CCN(Cc3ccc(S(C)(=O)=O)cc3)CC2)n1. The minimum absolute atomic E-state index is 0.00121. The quantitative estimate of drug-likeness (QED) is 0.320. The first kappa shape index (κ1) is 27.0. The van der Waals surface area contributed by atoms with Crippen molar-refractivity contribution in [3.05, 3.63) is 80.9 Å². The molecule has 0 aliphatic carbocycles. The van der Waals surface area contributed by atoms with Gasteiger partial charge in [0.05, 0.1) is 21.5 Å². The van der Waals surface area contributed by atoms with E-state index in [9.17, 15) is 23.8 Å². The predicted octanol–water partition coefficient (Wildman–Crippen LogP) is 4.75. The number of pyridine rings is 1. The van der Waals surface area contributed by atoms with Gasteiger partial charge in [0.25, 0.3) is 0 Å². The van der Waals surface area contributed by atoms with E-state index in [2.05, 4.69) is 21.3 Å². The molecule has 2 heterocycles. The number of nitrogens with one attached hydrogen (secondary N) is 1. The number of aryl methyl sites for hydroxylation is 2. The summed E-state index contributed by atoms with van der Waals surface area (Å²) >= 11 is 0. The summed E-state index contributed by atoms with van der Waals surface area (Å²) in [5.74, 6) is 0.949. The summed E-state index contributed by atoms with van der Waals surface area (Å²) in [5.41, 5.74) is 2.98. The van der Waals surface area contributed by atoms with E-state index >= 15 is 0 Å². The van der Waals surface area contributed by atoms with Crippen LogP contribution in [0.3, 0.4) is 0 Å². The number of piperidine rings is 1. The molecule has 3 aromatic rings. The van der Waals surface area contributed by atoms with Crippen LogP contribution in [0, 0.1) is 35.3 Å². The molecule has 1 saturated heterocycles. The van der Waals surface area contributed by atoms with E-state index in [1.165, 1.54) is 18.4 Å². The second kappa shape index (κ2) is 11.2. The number of rotatable bonds is 8. The Labute approximate surface area is 222 Å². The molecule has 0 atom stereocenters. The molecule has 0 radical (unpaired) electrons. The third kappa shape index (κ3) is 6.45. The minimum atomic E-state index is -3.22. The Morgan fingerprint density at radius 2 is 1.76 bits per heavy atom. The van der Waals surface area contributed by atoms with Crippen LogP contribution in [0.5, 0.6) is 11.6 Å². The second-order valence-electron chi connectivity index (χ2n) is 9.54. The largest absolute Gasteiger partial charge is 0.438 e. The molecule has 0 bridgehead atoms. The molecular formula is C27H29N5O5S. The molecule has 10 nitrogen and oxygen atoms in total. The molecule has 0 amide bonds. The Bertz CT molecular complexity index is 1470. The molecule has 2 aromatic carbocycles. The van der Waals surface area contributed by atoms with E-state index in [1.807, 2.05) is 26.0 Å². The number of hydrogen-bond donors (Lipinski definition) is 1. The van der Waals surface area contributed by atoms with Gasteiger partial charge < -0.3 is 10.1 Å². The molecule has 1 aliphatic heterocycles. The summed E-state index contributed by atoms with van der Waals surface area (Å²) in [5, 5.41) is 24.1. The maximum Gasteiger partial charge on any atom is 0.311 e.